The number of carbonyl (C=O) groups is 1. The average molecular weight is 278 g/mol. The summed E-state index contributed by atoms with van der Waals surface area (Å²) in [6, 6.07) is 4.86. The fraction of sp³-hybridized carbons (Fsp3) is 0.364. The summed E-state index contributed by atoms with van der Waals surface area (Å²) < 4.78 is 9.85. The van der Waals surface area contributed by atoms with Crippen LogP contribution in [0.3, 0.4) is 0 Å². The summed E-state index contributed by atoms with van der Waals surface area (Å²) >= 11 is 11.6. The molecule has 0 fully saturated rings. The number of amides is 1. The van der Waals surface area contributed by atoms with Crippen molar-refractivity contribution in [2.45, 2.75) is 0 Å². The van der Waals surface area contributed by atoms with E-state index in [9.17, 15) is 4.79 Å². The van der Waals surface area contributed by atoms with Crippen LogP contribution in [-0.4, -0.2) is 32.8 Å². The maximum atomic E-state index is 11.4. The molecule has 0 aliphatic rings. The lowest BCUT2D eigenvalue weighted by atomic mass is 10.3. The van der Waals surface area contributed by atoms with Crippen molar-refractivity contribution >= 4 is 34.8 Å². The van der Waals surface area contributed by atoms with Crippen molar-refractivity contribution in [2.75, 3.05) is 32.2 Å². The Morgan fingerprint density at radius 2 is 2.06 bits per heavy atom. The molecular weight excluding hydrogens is 265 g/mol. The van der Waals surface area contributed by atoms with Crippen LogP contribution in [0.5, 0.6) is 0 Å². The molecule has 0 atom stereocenters. The molecule has 0 spiro atoms. The monoisotopic (exact) mass is 277 g/mol. The predicted molar refractivity (Wildman–Crippen MR) is 67.8 cm³/mol. The molecule has 0 aliphatic heterocycles. The Bertz CT molecular complexity index is 385. The number of methoxy groups -OCH3 is 1. The first kappa shape index (κ1) is 14.3. The van der Waals surface area contributed by atoms with E-state index in [1.54, 1.807) is 25.3 Å². The number of hydrogen-bond acceptors (Lipinski definition) is 3. The van der Waals surface area contributed by atoms with Gasteiger partial charge in [0.15, 0.2) is 0 Å². The molecule has 1 aromatic carbocycles. The summed E-state index contributed by atoms with van der Waals surface area (Å²) in [6.45, 7) is 0.814. The third-order valence-corrected chi connectivity index (χ3v) is 2.61. The van der Waals surface area contributed by atoms with Crippen molar-refractivity contribution in [3.63, 3.8) is 0 Å². The Hall–Kier alpha value is -0.810. The minimum absolute atomic E-state index is 0.0242. The lowest BCUT2D eigenvalue weighted by molar-refractivity contribution is -0.121. The molecule has 0 radical (unpaired) electrons. The molecule has 0 unspecified atom stereocenters. The third-order valence-electron chi connectivity index (χ3n) is 1.87. The molecule has 0 saturated heterocycles. The molecule has 0 heterocycles. The summed E-state index contributed by atoms with van der Waals surface area (Å²) in [4.78, 5) is 11.4. The number of benzene rings is 1. The minimum atomic E-state index is -0.250. The Labute approximate surface area is 110 Å². The van der Waals surface area contributed by atoms with Gasteiger partial charge >= 0.3 is 0 Å². The van der Waals surface area contributed by atoms with Gasteiger partial charge in [0.2, 0.25) is 5.91 Å². The highest BCUT2D eigenvalue weighted by Gasteiger charge is 2.04. The first-order valence-corrected chi connectivity index (χ1v) is 5.70. The van der Waals surface area contributed by atoms with Crippen molar-refractivity contribution in [1.29, 1.82) is 0 Å². The van der Waals surface area contributed by atoms with Crippen molar-refractivity contribution in [2.24, 2.45) is 0 Å². The van der Waals surface area contributed by atoms with Gasteiger partial charge in [-0.3, -0.25) is 4.79 Å². The van der Waals surface area contributed by atoms with Crippen molar-refractivity contribution in [3.05, 3.63) is 28.2 Å². The van der Waals surface area contributed by atoms with E-state index in [0.717, 1.165) is 0 Å². The van der Waals surface area contributed by atoms with Gasteiger partial charge in [-0.25, -0.2) is 0 Å². The highest BCUT2D eigenvalue weighted by molar-refractivity contribution is 6.42. The molecule has 0 saturated carbocycles. The molecule has 4 nitrogen and oxygen atoms in total. The van der Waals surface area contributed by atoms with Gasteiger partial charge in [0.25, 0.3) is 0 Å². The highest BCUT2D eigenvalue weighted by atomic mass is 35.5. The average Bonchev–Trinajstić information content (AvgIpc) is 2.30. The van der Waals surface area contributed by atoms with Gasteiger partial charge in [-0.2, -0.15) is 0 Å². The second-order valence-electron chi connectivity index (χ2n) is 3.22. The molecule has 6 heteroatoms. The molecule has 94 valence electrons. The maximum Gasteiger partial charge on any atom is 0.250 e. The number of rotatable bonds is 6. The SMILES string of the molecule is COCCOCC(=O)Nc1ccc(Cl)c(Cl)c1. The molecule has 0 aromatic heterocycles. The van der Waals surface area contributed by atoms with Crippen molar-refractivity contribution < 1.29 is 14.3 Å². The van der Waals surface area contributed by atoms with Crippen molar-refractivity contribution in [1.82, 2.24) is 0 Å². The first-order chi connectivity index (χ1) is 8.13. The maximum absolute atomic E-state index is 11.4. The molecule has 0 aliphatic carbocycles. The van der Waals surface area contributed by atoms with Crippen LogP contribution in [0.15, 0.2) is 18.2 Å². The Morgan fingerprint density at radius 1 is 1.29 bits per heavy atom. The van der Waals surface area contributed by atoms with Crippen LogP contribution in [0.1, 0.15) is 0 Å². The van der Waals surface area contributed by atoms with Crippen LogP contribution in [0, 0.1) is 0 Å². The number of carbonyl (C=O) groups excluding carboxylic acids is 1. The van der Waals surface area contributed by atoms with Crippen LogP contribution in [-0.2, 0) is 14.3 Å². The van der Waals surface area contributed by atoms with E-state index in [4.69, 9.17) is 32.7 Å². The third kappa shape index (κ3) is 5.37. The second-order valence-corrected chi connectivity index (χ2v) is 4.04. The topological polar surface area (TPSA) is 47.6 Å². The summed E-state index contributed by atoms with van der Waals surface area (Å²) in [6.07, 6.45) is 0. The normalized spacial score (nSPS) is 10.3. The lowest BCUT2D eigenvalue weighted by Gasteiger charge is -2.06. The smallest absolute Gasteiger partial charge is 0.250 e. The molecular formula is C11H13Cl2NO3. The zero-order valence-electron chi connectivity index (χ0n) is 9.33. The molecule has 1 rings (SSSR count). The Morgan fingerprint density at radius 3 is 2.71 bits per heavy atom. The van der Waals surface area contributed by atoms with Gasteiger partial charge in [-0.05, 0) is 18.2 Å². The van der Waals surface area contributed by atoms with E-state index < -0.39 is 0 Å². The fourth-order valence-electron chi connectivity index (χ4n) is 1.08. The van der Waals surface area contributed by atoms with Crippen LogP contribution in [0.4, 0.5) is 5.69 Å². The summed E-state index contributed by atoms with van der Waals surface area (Å²) in [7, 11) is 1.57. The zero-order chi connectivity index (χ0) is 12.7. The van der Waals surface area contributed by atoms with E-state index in [0.29, 0.717) is 28.9 Å². The number of ether oxygens (including phenoxy) is 2. The van der Waals surface area contributed by atoms with E-state index in [1.165, 1.54) is 0 Å². The van der Waals surface area contributed by atoms with E-state index in [-0.39, 0.29) is 12.5 Å². The number of anilines is 1. The molecule has 1 amide bonds. The van der Waals surface area contributed by atoms with Gasteiger partial charge in [-0.1, -0.05) is 23.2 Å². The molecule has 1 aromatic rings. The number of nitrogens with one attached hydrogen (secondary N) is 1. The Balaban J connectivity index is 2.37. The summed E-state index contributed by atoms with van der Waals surface area (Å²) in [5, 5.41) is 3.48. The van der Waals surface area contributed by atoms with E-state index in [2.05, 4.69) is 5.32 Å². The minimum Gasteiger partial charge on any atom is -0.382 e. The zero-order valence-corrected chi connectivity index (χ0v) is 10.8. The Kier molecular flexibility index (Phi) is 6.29. The van der Waals surface area contributed by atoms with Gasteiger partial charge < -0.3 is 14.8 Å². The standard InChI is InChI=1S/C11H13Cl2NO3/c1-16-4-5-17-7-11(15)14-8-2-3-9(12)10(13)6-8/h2-3,6H,4-5,7H2,1H3,(H,14,15). The van der Waals surface area contributed by atoms with Crippen LogP contribution < -0.4 is 5.32 Å². The van der Waals surface area contributed by atoms with E-state index in [1.807, 2.05) is 0 Å². The largest absolute Gasteiger partial charge is 0.382 e. The van der Waals surface area contributed by atoms with Gasteiger partial charge in [0.05, 0.1) is 23.3 Å². The number of hydrogen-bond donors (Lipinski definition) is 1. The van der Waals surface area contributed by atoms with Gasteiger partial charge in [0.1, 0.15) is 6.61 Å². The highest BCUT2D eigenvalue weighted by Crippen LogP contribution is 2.24. The second kappa shape index (κ2) is 7.50. The molecule has 1 N–H and O–H groups in total. The van der Waals surface area contributed by atoms with Gasteiger partial charge in [0, 0.05) is 12.8 Å². The van der Waals surface area contributed by atoms with Crippen LogP contribution in [0.25, 0.3) is 0 Å². The number of halogens is 2. The lowest BCUT2D eigenvalue weighted by Crippen LogP contribution is -2.19. The van der Waals surface area contributed by atoms with Crippen molar-refractivity contribution in [3.8, 4) is 0 Å². The van der Waals surface area contributed by atoms with E-state index >= 15 is 0 Å². The van der Waals surface area contributed by atoms with Gasteiger partial charge in [-0.15, -0.1) is 0 Å². The quantitative estimate of drug-likeness (QED) is 0.814. The summed E-state index contributed by atoms with van der Waals surface area (Å²) in [5.41, 5.74) is 0.583. The summed E-state index contributed by atoms with van der Waals surface area (Å²) in [5.74, 6) is -0.250. The fourth-order valence-corrected chi connectivity index (χ4v) is 1.38. The predicted octanol–water partition coefficient (Wildman–Crippen LogP) is 2.59. The first-order valence-electron chi connectivity index (χ1n) is 4.95. The van der Waals surface area contributed by atoms with Crippen LogP contribution in [0.2, 0.25) is 10.0 Å². The van der Waals surface area contributed by atoms with Crippen LogP contribution >= 0.6 is 23.2 Å². The molecule has 17 heavy (non-hydrogen) atoms. The molecule has 0 bridgehead atoms.